The lowest BCUT2D eigenvalue weighted by molar-refractivity contribution is 0.0601. The molecule has 0 fully saturated rings. The van der Waals surface area contributed by atoms with Gasteiger partial charge in [-0.05, 0) is 24.6 Å². The number of benzene rings is 1. The number of fused-ring (bicyclic) bond motifs is 1. The van der Waals surface area contributed by atoms with Crippen LogP contribution in [0.5, 0.6) is 0 Å². The molecule has 0 bridgehead atoms. The molecule has 2 aromatic heterocycles. The summed E-state index contributed by atoms with van der Waals surface area (Å²) in [7, 11) is 2.91. The average molecular weight is 359 g/mol. The minimum Gasteiger partial charge on any atom is -0.465 e. The summed E-state index contributed by atoms with van der Waals surface area (Å²) < 4.78 is 18.4. The minimum atomic E-state index is -0.455. The standard InChI is InChI=1S/C18H21N3O5/c1-4-13-10-14(26-19-13)11-21-16-9-12(17(22)25-3)5-6-15(16)20(18(21)23)7-8-24-2/h5-6,9-10H,4,7-8,11H2,1-3H3. The van der Waals surface area contributed by atoms with Crippen molar-refractivity contribution in [3.63, 3.8) is 0 Å². The molecule has 3 rings (SSSR count). The third-order valence-corrected chi connectivity index (χ3v) is 4.24. The van der Waals surface area contributed by atoms with E-state index in [4.69, 9.17) is 14.0 Å². The van der Waals surface area contributed by atoms with Crippen LogP contribution in [0.3, 0.4) is 0 Å². The number of ether oxygens (including phenoxy) is 2. The maximum Gasteiger partial charge on any atom is 0.337 e. The highest BCUT2D eigenvalue weighted by atomic mass is 16.5. The van der Waals surface area contributed by atoms with E-state index in [2.05, 4.69) is 5.16 Å². The van der Waals surface area contributed by atoms with Crippen molar-refractivity contribution in [2.24, 2.45) is 0 Å². The summed E-state index contributed by atoms with van der Waals surface area (Å²) in [6.07, 6.45) is 0.750. The van der Waals surface area contributed by atoms with E-state index >= 15 is 0 Å². The number of imidazole rings is 1. The fourth-order valence-electron chi connectivity index (χ4n) is 2.87. The number of carbonyl (C=O) groups is 1. The smallest absolute Gasteiger partial charge is 0.337 e. The number of esters is 1. The molecule has 2 heterocycles. The van der Waals surface area contributed by atoms with E-state index in [0.29, 0.717) is 30.0 Å². The summed E-state index contributed by atoms with van der Waals surface area (Å²) in [6, 6.07) is 6.87. The van der Waals surface area contributed by atoms with E-state index in [1.807, 2.05) is 13.0 Å². The van der Waals surface area contributed by atoms with Gasteiger partial charge in [0.1, 0.15) is 0 Å². The molecule has 0 spiro atoms. The summed E-state index contributed by atoms with van der Waals surface area (Å²) in [6.45, 7) is 3.02. The molecule has 0 amide bonds. The van der Waals surface area contributed by atoms with Crippen LogP contribution in [0.25, 0.3) is 11.0 Å². The van der Waals surface area contributed by atoms with Gasteiger partial charge in [0.25, 0.3) is 0 Å². The molecule has 0 radical (unpaired) electrons. The predicted octanol–water partition coefficient (Wildman–Crippen LogP) is 1.83. The Morgan fingerprint density at radius 2 is 2.00 bits per heavy atom. The lowest BCUT2D eigenvalue weighted by atomic mass is 10.2. The largest absolute Gasteiger partial charge is 0.465 e. The molecule has 0 aliphatic carbocycles. The van der Waals surface area contributed by atoms with Gasteiger partial charge in [-0.2, -0.15) is 0 Å². The third-order valence-electron chi connectivity index (χ3n) is 4.24. The molecule has 8 nitrogen and oxygen atoms in total. The topological polar surface area (TPSA) is 88.5 Å². The van der Waals surface area contributed by atoms with Crippen LogP contribution in [0.2, 0.25) is 0 Å². The Labute approximate surface area is 149 Å². The van der Waals surface area contributed by atoms with Gasteiger partial charge in [0.2, 0.25) is 0 Å². The Hall–Kier alpha value is -2.87. The molecule has 0 saturated heterocycles. The maximum absolute atomic E-state index is 12.9. The summed E-state index contributed by atoms with van der Waals surface area (Å²) in [5.74, 6) is 0.127. The number of hydrogen-bond acceptors (Lipinski definition) is 6. The summed E-state index contributed by atoms with van der Waals surface area (Å²) in [4.78, 5) is 24.8. The Morgan fingerprint density at radius 3 is 2.65 bits per heavy atom. The number of methoxy groups -OCH3 is 2. The second kappa shape index (κ2) is 7.57. The Bertz CT molecular complexity index is 983. The zero-order chi connectivity index (χ0) is 18.7. The Balaban J connectivity index is 2.12. The first-order valence-electron chi connectivity index (χ1n) is 8.33. The molecule has 0 N–H and O–H groups in total. The average Bonchev–Trinajstić information content (AvgIpc) is 3.22. The van der Waals surface area contributed by atoms with Crippen molar-refractivity contribution in [1.82, 2.24) is 14.3 Å². The predicted molar refractivity (Wildman–Crippen MR) is 94.4 cm³/mol. The van der Waals surface area contributed by atoms with Gasteiger partial charge in [0.05, 0.1) is 49.1 Å². The van der Waals surface area contributed by atoms with E-state index in [0.717, 1.165) is 17.6 Å². The normalized spacial score (nSPS) is 11.2. The van der Waals surface area contributed by atoms with Crippen LogP contribution in [-0.4, -0.2) is 41.1 Å². The van der Waals surface area contributed by atoms with E-state index < -0.39 is 5.97 Å². The zero-order valence-electron chi connectivity index (χ0n) is 15.0. The number of carbonyl (C=O) groups excluding carboxylic acids is 1. The Kier molecular flexibility index (Phi) is 5.22. The van der Waals surface area contributed by atoms with Gasteiger partial charge in [-0.1, -0.05) is 12.1 Å². The fourth-order valence-corrected chi connectivity index (χ4v) is 2.87. The van der Waals surface area contributed by atoms with Gasteiger partial charge >= 0.3 is 11.7 Å². The van der Waals surface area contributed by atoms with Gasteiger partial charge in [-0.3, -0.25) is 9.13 Å². The van der Waals surface area contributed by atoms with Crippen LogP contribution in [0.4, 0.5) is 0 Å². The van der Waals surface area contributed by atoms with Crippen molar-refractivity contribution in [3.05, 3.63) is 51.8 Å². The lowest BCUT2D eigenvalue weighted by Crippen LogP contribution is -2.26. The van der Waals surface area contributed by atoms with Crippen LogP contribution < -0.4 is 5.69 Å². The van der Waals surface area contributed by atoms with E-state index in [1.165, 1.54) is 7.11 Å². The van der Waals surface area contributed by atoms with Crippen molar-refractivity contribution in [3.8, 4) is 0 Å². The van der Waals surface area contributed by atoms with Gasteiger partial charge in [0.15, 0.2) is 5.76 Å². The number of aryl methyl sites for hydroxylation is 1. The van der Waals surface area contributed by atoms with E-state index in [1.54, 1.807) is 34.4 Å². The first-order valence-corrected chi connectivity index (χ1v) is 8.33. The second-order valence-electron chi connectivity index (χ2n) is 5.85. The van der Waals surface area contributed by atoms with Crippen molar-refractivity contribution in [2.45, 2.75) is 26.4 Å². The lowest BCUT2D eigenvalue weighted by Gasteiger charge is -2.03. The highest BCUT2D eigenvalue weighted by molar-refractivity contribution is 5.93. The van der Waals surface area contributed by atoms with Crippen LogP contribution in [-0.2, 0) is 29.0 Å². The molecule has 138 valence electrons. The molecule has 1 aromatic carbocycles. The molecular formula is C18H21N3O5. The first-order chi connectivity index (χ1) is 12.6. The molecule has 0 unspecified atom stereocenters. The van der Waals surface area contributed by atoms with Crippen molar-refractivity contribution >= 4 is 17.0 Å². The Morgan fingerprint density at radius 1 is 1.19 bits per heavy atom. The number of hydrogen-bond donors (Lipinski definition) is 0. The SMILES string of the molecule is CCc1cc(Cn2c(=O)n(CCOC)c3ccc(C(=O)OC)cc32)on1. The first kappa shape index (κ1) is 17.9. The summed E-state index contributed by atoms with van der Waals surface area (Å²) in [5.41, 5.74) is 2.35. The quantitative estimate of drug-likeness (QED) is 0.598. The highest BCUT2D eigenvalue weighted by Crippen LogP contribution is 2.18. The summed E-state index contributed by atoms with van der Waals surface area (Å²) >= 11 is 0. The van der Waals surface area contributed by atoms with Crippen LogP contribution >= 0.6 is 0 Å². The molecule has 0 saturated carbocycles. The van der Waals surface area contributed by atoms with Gasteiger partial charge < -0.3 is 14.0 Å². The fraction of sp³-hybridized carbons (Fsp3) is 0.389. The molecule has 0 atom stereocenters. The molecule has 26 heavy (non-hydrogen) atoms. The molecule has 8 heteroatoms. The summed E-state index contributed by atoms with van der Waals surface area (Å²) in [5, 5.41) is 3.96. The molecule has 0 aliphatic heterocycles. The number of nitrogens with zero attached hydrogens (tertiary/aromatic N) is 3. The van der Waals surface area contributed by atoms with Gasteiger partial charge in [-0.25, -0.2) is 9.59 Å². The molecular weight excluding hydrogens is 338 g/mol. The van der Waals surface area contributed by atoms with E-state index in [-0.39, 0.29) is 12.2 Å². The molecule has 3 aromatic rings. The monoisotopic (exact) mass is 359 g/mol. The van der Waals surface area contributed by atoms with Crippen LogP contribution in [0, 0.1) is 0 Å². The van der Waals surface area contributed by atoms with Crippen LogP contribution in [0.1, 0.15) is 28.7 Å². The van der Waals surface area contributed by atoms with E-state index in [9.17, 15) is 9.59 Å². The number of aromatic nitrogens is 3. The number of rotatable bonds is 7. The van der Waals surface area contributed by atoms with Crippen LogP contribution in [0.15, 0.2) is 33.6 Å². The van der Waals surface area contributed by atoms with Crippen molar-refractivity contribution in [1.29, 1.82) is 0 Å². The zero-order valence-corrected chi connectivity index (χ0v) is 15.0. The van der Waals surface area contributed by atoms with Gasteiger partial charge in [0, 0.05) is 13.2 Å². The maximum atomic E-state index is 12.9. The minimum absolute atomic E-state index is 0.200. The molecule has 0 aliphatic rings. The van der Waals surface area contributed by atoms with Crippen molar-refractivity contribution in [2.75, 3.05) is 20.8 Å². The highest BCUT2D eigenvalue weighted by Gasteiger charge is 2.17. The van der Waals surface area contributed by atoms with Gasteiger partial charge in [-0.15, -0.1) is 0 Å². The second-order valence-corrected chi connectivity index (χ2v) is 5.85. The third kappa shape index (κ3) is 3.28. The van der Waals surface area contributed by atoms with Crippen molar-refractivity contribution < 1.29 is 18.8 Å².